The summed E-state index contributed by atoms with van der Waals surface area (Å²) >= 11 is 0. The first-order chi connectivity index (χ1) is 11.1. The van der Waals surface area contributed by atoms with E-state index in [1.165, 1.54) is 25.5 Å². The van der Waals surface area contributed by atoms with Crippen LogP contribution in [0.4, 0.5) is 5.69 Å². The van der Waals surface area contributed by atoms with Gasteiger partial charge in [-0.15, -0.1) is 0 Å². The Kier molecular flexibility index (Phi) is 5.83. The average molecular weight is 318 g/mol. The maximum Gasteiger partial charge on any atom is 0.279 e. The van der Waals surface area contributed by atoms with E-state index in [1.54, 1.807) is 12.1 Å². The molecule has 2 atom stereocenters. The standard InChI is InChI=1S/C17H23N3O3/c1-12-5-4-6-20(10-12)11-17(21)19-14-8-16(23-3)15(22-2)7-13(14)9-18/h7-8,12H,4-6,10-11H2,1-3H3,(H,19,21)/p+1/t12-/m1/s1. The van der Waals surface area contributed by atoms with E-state index < -0.39 is 0 Å². The van der Waals surface area contributed by atoms with Crippen molar-refractivity contribution in [3.63, 3.8) is 0 Å². The Morgan fingerprint density at radius 1 is 1.39 bits per heavy atom. The predicted octanol–water partition coefficient (Wildman–Crippen LogP) is 0.829. The number of amides is 1. The molecule has 1 amide bonds. The summed E-state index contributed by atoms with van der Waals surface area (Å²) in [4.78, 5) is 13.6. The number of likely N-dealkylation sites (tertiary alicyclic amines) is 1. The molecule has 6 heteroatoms. The minimum Gasteiger partial charge on any atom is -0.493 e. The molecule has 1 aromatic rings. The summed E-state index contributed by atoms with van der Waals surface area (Å²) in [5.74, 6) is 1.53. The summed E-state index contributed by atoms with van der Waals surface area (Å²) in [6.45, 7) is 4.68. The lowest BCUT2D eigenvalue weighted by Gasteiger charge is -2.27. The monoisotopic (exact) mass is 318 g/mol. The van der Waals surface area contributed by atoms with E-state index in [1.807, 2.05) is 0 Å². The number of quaternary nitrogens is 1. The molecule has 124 valence electrons. The summed E-state index contributed by atoms with van der Waals surface area (Å²) in [5, 5.41) is 12.1. The number of nitrogens with zero attached hydrogens (tertiary/aromatic N) is 1. The summed E-state index contributed by atoms with van der Waals surface area (Å²) in [7, 11) is 3.03. The van der Waals surface area contributed by atoms with E-state index in [0.29, 0.717) is 35.2 Å². The molecule has 1 aliphatic rings. The van der Waals surface area contributed by atoms with Crippen molar-refractivity contribution in [3.8, 4) is 17.6 Å². The lowest BCUT2D eigenvalue weighted by Crippen LogP contribution is -3.14. The van der Waals surface area contributed by atoms with Gasteiger partial charge in [-0.25, -0.2) is 0 Å². The lowest BCUT2D eigenvalue weighted by molar-refractivity contribution is -0.900. The molecule has 0 bridgehead atoms. The van der Waals surface area contributed by atoms with Crippen molar-refractivity contribution in [1.29, 1.82) is 5.26 Å². The smallest absolute Gasteiger partial charge is 0.279 e. The molecule has 1 unspecified atom stereocenters. The molecule has 0 radical (unpaired) electrons. The fraction of sp³-hybridized carbons (Fsp3) is 0.529. The second-order valence-corrected chi connectivity index (χ2v) is 6.04. The Morgan fingerprint density at radius 3 is 2.70 bits per heavy atom. The molecule has 0 saturated carbocycles. The molecular weight excluding hydrogens is 294 g/mol. The summed E-state index contributed by atoms with van der Waals surface area (Å²) in [6, 6.07) is 5.28. The number of nitrogens with one attached hydrogen (secondary N) is 2. The van der Waals surface area contributed by atoms with Crippen LogP contribution in [0.3, 0.4) is 0 Å². The number of carbonyl (C=O) groups is 1. The number of anilines is 1. The summed E-state index contributed by atoms with van der Waals surface area (Å²) < 4.78 is 10.4. The number of ether oxygens (including phenoxy) is 2. The van der Waals surface area contributed by atoms with Crippen molar-refractivity contribution < 1.29 is 19.2 Å². The van der Waals surface area contributed by atoms with Crippen LogP contribution >= 0.6 is 0 Å². The van der Waals surface area contributed by atoms with Gasteiger partial charge in [0.2, 0.25) is 0 Å². The molecule has 2 rings (SSSR count). The Labute approximate surface area is 137 Å². The van der Waals surface area contributed by atoms with Crippen molar-refractivity contribution in [2.45, 2.75) is 19.8 Å². The highest BCUT2D eigenvalue weighted by Crippen LogP contribution is 2.32. The Hall–Kier alpha value is -2.26. The molecule has 0 aliphatic carbocycles. The fourth-order valence-electron chi connectivity index (χ4n) is 3.05. The van der Waals surface area contributed by atoms with E-state index in [2.05, 4.69) is 18.3 Å². The van der Waals surface area contributed by atoms with Gasteiger partial charge in [-0.3, -0.25) is 4.79 Å². The van der Waals surface area contributed by atoms with Gasteiger partial charge in [-0.2, -0.15) is 5.26 Å². The van der Waals surface area contributed by atoms with Crippen LogP contribution in [0.5, 0.6) is 11.5 Å². The fourth-order valence-corrected chi connectivity index (χ4v) is 3.05. The molecule has 2 N–H and O–H groups in total. The highest BCUT2D eigenvalue weighted by Gasteiger charge is 2.22. The first-order valence-electron chi connectivity index (χ1n) is 7.87. The van der Waals surface area contributed by atoms with Crippen molar-refractivity contribution >= 4 is 11.6 Å². The second-order valence-electron chi connectivity index (χ2n) is 6.04. The Morgan fingerprint density at radius 2 is 2.09 bits per heavy atom. The van der Waals surface area contributed by atoms with Gasteiger partial charge in [0.1, 0.15) is 6.07 Å². The molecule has 1 fully saturated rings. The molecule has 1 heterocycles. The number of methoxy groups -OCH3 is 2. The minimum atomic E-state index is -0.0854. The molecule has 0 spiro atoms. The van der Waals surface area contributed by atoms with E-state index >= 15 is 0 Å². The topological polar surface area (TPSA) is 75.8 Å². The normalized spacial score (nSPS) is 20.4. The maximum absolute atomic E-state index is 12.3. The van der Waals surface area contributed by atoms with Crippen LogP contribution in [0.2, 0.25) is 0 Å². The third-order valence-electron chi connectivity index (χ3n) is 4.19. The zero-order valence-electron chi connectivity index (χ0n) is 13.9. The van der Waals surface area contributed by atoms with Crippen LogP contribution in [-0.2, 0) is 4.79 Å². The van der Waals surface area contributed by atoms with E-state index in [9.17, 15) is 10.1 Å². The van der Waals surface area contributed by atoms with Gasteiger partial charge < -0.3 is 19.7 Å². The average Bonchev–Trinajstić information content (AvgIpc) is 2.54. The third-order valence-corrected chi connectivity index (χ3v) is 4.19. The summed E-state index contributed by atoms with van der Waals surface area (Å²) in [6.07, 6.45) is 2.39. The number of benzene rings is 1. The second kappa shape index (κ2) is 7.84. The van der Waals surface area contributed by atoms with Gasteiger partial charge in [0.15, 0.2) is 18.0 Å². The highest BCUT2D eigenvalue weighted by atomic mass is 16.5. The number of nitriles is 1. The van der Waals surface area contributed by atoms with Gasteiger partial charge in [0.25, 0.3) is 5.91 Å². The Bertz CT molecular complexity index is 610. The van der Waals surface area contributed by atoms with Crippen molar-refractivity contribution in [2.24, 2.45) is 5.92 Å². The molecule has 1 saturated heterocycles. The summed E-state index contributed by atoms with van der Waals surface area (Å²) in [5.41, 5.74) is 0.817. The lowest BCUT2D eigenvalue weighted by atomic mass is 10.0. The SMILES string of the molecule is COc1cc(C#N)c(NC(=O)C[NH+]2CCC[C@@H](C)C2)cc1OC. The predicted molar refractivity (Wildman–Crippen MR) is 86.9 cm³/mol. The highest BCUT2D eigenvalue weighted by molar-refractivity contribution is 5.93. The van der Waals surface area contributed by atoms with E-state index in [-0.39, 0.29) is 5.91 Å². The van der Waals surface area contributed by atoms with Gasteiger partial charge in [-0.05, 0) is 12.8 Å². The van der Waals surface area contributed by atoms with E-state index in [0.717, 1.165) is 19.5 Å². The van der Waals surface area contributed by atoms with Crippen LogP contribution in [-0.4, -0.2) is 39.8 Å². The third kappa shape index (κ3) is 4.36. The first-order valence-corrected chi connectivity index (χ1v) is 7.87. The Balaban J connectivity index is 2.09. The molecule has 1 aromatic carbocycles. The van der Waals surface area contributed by atoms with Crippen LogP contribution in [0.25, 0.3) is 0 Å². The molecule has 0 aromatic heterocycles. The minimum absolute atomic E-state index is 0.0854. The van der Waals surface area contributed by atoms with E-state index in [4.69, 9.17) is 9.47 Å². The number of carbonyl (C=O) groups excluding carboxylic acids is 1. The van der Waals surface area contributed by atoms with Crippen LogP contribution in [0.15, 0.2) is 12.1 Å². The quantitative estimate of drug-likeness (QED) is 0.843. The largest absolute Gasteiger partial charge is 0.493 e. The van der Waals surface area contributed by atoms with Gasteiger partial charge in [-0.1, -0.05) is 6.92 Å². The first kappa shape index (κ1) is 17.1. The van der Waals surface area contributed by atoms with Crippen LogP contribution in [0.1, 0.15) is 25.3 Å². The van der Waals surface area contributed by atoms with Crippen molar-refractivity contribution in [3.05, 3.63) is 17.7 Å². The van der Waals surface area contributed by atoms with Gasteiger partial charge in [0.05, 0.1) is 38.6 Å². The van der Waals surface area contributed by atoms with Crippen LogP contribution < -0.4 is 19.7 Å². The molecule has 1 aliphatic heterocycles. The number of hydrogen-bond donors (Lipinski definition) is 2. The molecule has 6 nitrogen and oxygen atoms in total. The van der Waals surface area contributed by atoms with Crippen LogP contribution in [0, 0.1) is 17.2 Å². The molecule has 23 heavy (non-hydrogen) atoms. The molecular formula is C17H24N3O3+. The zero-order chi connectivity index (χ0) is 16.8. The van der Waals surface area contributed by atoms with Crippen molar-refractivity contribution in [1.82, 2.24) is 0 Å². The number of hydrogen-bond acceptors (Lipinski definition) is 4. The van der Waals surface area contributed by atoms with Gasteiger partial charge >= 0.3 is 0 Å². The number of piperidine rings is 1. The number of rotatable bonds is 5. The zero-order valence-corrected chi connectivity index (χ0v) is 13.9. The van der Waals surface area contributed by atoms with Gasteiger partial charge in [0, 0.05) is 18.1 Å². The van der Waals surface area contributed by atoms with Crippen molar-refractivity contribution in [2.75, 3.05) is 39.2 Å². The maximum atomic E-state index is 12.3.